The molecular weight excluding hydrogens is 342 g/mol. The van der Waals surface area contributed by atoms with Crippen LogP contribution < -0.4 is 4.90 Å². The van der Waals surface area contributed by atoms with E-state index in [0.717, 1.165) is 29.4 Å². The molecule has 0 amide bonds. The maximum atomic E-state index is 13.2. The first-order valence-electron chi connectivity index (χ1n) is 8.87. The average Bonchev–Trinajstić information content (AvgIpc) is 3.15. The number of carbonyl (C=O) groups is 1. The van der Waals surface area contributed by atoms with Crippen molar-refractivity contribution >= 4 is 23.1 Å². The van der Waals surface area contributed by atoms with Crippen molar-refractivity contribution in [2.24, 2.45) is 5.92 Å². The zero-order valence-electron chi connectivity index (χ0n) is 14.4. The van der Waals surface area contributed by atoms with Gasteiger partial charge < -0.3 is 4.90 Å². The average molecular weight is 362 g/mol. The first-order valence-corrected chi connectivity index (χ1v) is 9.25. The van der Waals surface area contributed by atoms with Gasteiger partial charge in [0.15, 0.2) is 5.78 Å². The molecule has 0 spiro atoms. The Balaban J connectivity index is 1.68. The SMILES string of the molecule is O=C(c1ccccc1)[C@H]1CN(c2ccccc2)C[C@H]1c1ccc(Cl)cc1. The second-order valence-corrected chi connectivity index (χ2v) is 7.17. The summed E-state index contributed by atoms with van der Waals surface area (Å²) in [5.74, 6) is 0.294. The number of hydrogen-bond donors (Lipinski definition) is 0. The van der Waals surface area contributed by atoms with Crippen LogP contribution in [-0.2, 0) is 0 Å². The molecule has 130 valence electrons. The van der Waals surface area contributed by atoms with E-state index in [2.05, 4.69) is 17.0 Å². The third kappa shape index (κ3) is 3.38. The molecule has 1 aliphatic heterocycles. The number of Topliss-reactive ketones (excluding diaryl/α,β-unsaturated/α-hetero) is 1. The molecule has 1 saturated heterocycles. The third-order valence-electron chi connectivity index (χ3n) is 5.13. The Labute approximate surface area is 159 Å². The topological polar surface area (TPSA) is 20.3 Å². The van der Waals surface area contributed by atoms with E-state index in [1.54, 1.807) is 0 Å². The Bertz CT molecular complexity index is 877. The molecule has 2 atom stereocenters. The Kier molecular flexibility index (Phi) is 4.77. The van der Waals surface area contributed by atoms with Crippen LogP contribution in [0, 0.1) is 5.92 Å². The van der Waals surface area contributed by atoms with Crippen molar-refractivity contribution in [2.75, 3.05) is 18.0 Å². The van der Waals surface area contributed by atoms with E-state index in [0.29, 0.717) is 0 Å². The van der Waals surface area contributed by atoms with E-state index in [1.807, 2.05) is 72.8 Å². The summed E-state index contributed by atoms with van der Waals surface area (Å²) in [6.45, 7) is 1.56. The lowest BCUT2D eigenvalue weighted by atomic mass is 9.84. The standard InChI is InChI=1S/C23H20ClNO/c24-19-13-11-17(12-14-19)21-15-25(20-9-5-2-6-10-20)16-22(21)23(26)18-7-3-1-4-8-18/h1-14,21-22H,15-16H2/t21-,22-/m0/s1. The summed E-state index contributed by atoms with van der Waals surface area (Å²) in [4.78, 5) is 15.5. The molecule has 0 N–H and O–H groups in total. The molecule has 4 rings (SSSR count). The number of halogens is 1. The minimum atomic E-state index is -0.0706. The molecule has 0 unspecified atom stereocenters. The summed E-state index contributed by atoms with van der Waals surface area (Å²) in [6.07, 6.45) is 0. The molecule has 1 heterocycles. The van der Waals surface area contributed by atoms with Crippen molar-refractivity contribution in [1.82, 2.24) is 0 Å². The largest absolute Gasteiger partial charge is 0.370 e. The van der Waals surface area contributed by atoms with Gasteiger partial charge in [0, 0.05) is 41.2 Å². The molecule has 0 saturated carbocycles. The van der Waals surface area contributed by atoms with Crippen molar-refractivity contribution in [2.45, 2.75) is 5.92 Å². The maximum Gasteiger partial charge on any atom is 0.168 e. The summed E-state index contributed by atoms with van der Waals surface area (Å²) >= 11 is 6.06. The van der Waals surface area contributed by atoms with Crippen LogP contribution in [0.5, 0.6) is 0 Å². The second-order valence-electron chi connectivity index (χ2n) is 6.74. The van der Waals surface area contributed by atoms with Gasteiger partial charge in [-0.05, 0) is 29.8 Å². The van der Waals surface area contributed by atoms with E-state index in [4.69, 9.17) is 11.6 Å². The number of benzene rings is 3. The monoisotopic (exact) mass is 361 g/mol. The summed E-state index contributed by atoms with van der Waals surface area (Å²) in [7, 11) is 0. The zero-order valence-corrected chi connectivity index (χ0v) is 15.1. The van der Waals surface area contributed by atoms with Gasteiger partial charge in [0.25, 0.3) is 0 Å². The quantitative estimate of drug-likeness (QED) is 0.576. The van der Waals surface area contributed by atoms with Crippen molar-refractivity contribution in [3.63, 3.8) is 0 Å². The van der Waals surface area contributed by atoms with E-state index in [1.165, 1.54) is 5.56 Å². The van der Waals surface area contributed by atoms with Crippen LogP contribution in [0.1, 0.15) is 21.8 Å². The highest BCUT2D eigenvalue weighted by atomic mass is 35.5. The Morgan fingerprint density at radius 3 is 2.08 bits per heavy atom. The Hall–Kier alpha value is -2.58. The van der Waals surface area contributed by atoms with Gasteiger partial charge >= 0.3 is 0 Å². The summed E-state index contributed by atoms with van der Waals surface area (Å²) in [5.41, 5.74) is 3.11. The van der Waals surface area contributed by atoms with Gasteiger partial charge in [-0.1, -0.05) is 72.3 Å². The van der Waals surface area contributed by atoms with Crippen LogP contribution in [0.15, 0.2) is 84.9 Å². The van der Waals surface area contributed by atoms with Gasteiger partial charge in [0.05, 0.1) is 0 Å². The van der Waals surface area contributed by atoms with Crippen LogP contribution in [0.25, 0.3) is 0 Å². The van der Waals surface area contributed by atoms with Gasteiger partial charge in [-0.2, -0.15) is 0 Å². The maximum absolute atomic E-state index is 13.2. The number of hydrogen-bond acceptors (Lipinski definition) is 2. The Morgan fingerprint density at radius 2 is 1.42 bits per heavy atom. The molecule has 0 aromatic heterocycles. The van der Waals surface area contributed by atoms with Crippen LogP contribution >= 0.6 is 11.6 Å². The van der Waals surface area contributed by atoms with E-state index in [9.17, 15) is 4.79 Å². The molecule has 0 aliphatic carbocycles. The molecule has 0 bridgehead atoms. The lowest BCUT2D eigenvalue weighted by molar-refractivity contribution is 0.0921. The third-order valence-corrected chi connectivity index (χ3v) is 5.39. The zero-order chi connectivity index (χ0) is 17.9. The van der Waals surface area contributed by atoms with E-state index < -0.39 is 0 Å². The van der Waals surface area contributed by atoms with Crippen molar-refractivity contribution in [3.05, 3.63) is 101 Å². The minimum absolute atomic E-state index is 0.0706. The number of carbonyl (C=O) groups excluding carboxylic acids is 1. The highest BCUT2D eigenvalue weighted by Crippen LogP contribution is 2.37. The van der Waals surface area contributed by atoms with Gasteiger partial charge in [0.1, 0.15) is 0 Å². The summed E-state index contributed by atoms with van der Waals surface area (Å²) < 4.78 is 0. The number of anilines is 1. The highest BCUT2D eigenvalue weighted by Gasteiger charge is 2.38. The highest BCUT2D eigenvalue weighted by molar-refractivity contribution is 6.30. The normalized spacial score (nSPS) is 19.5. The number of nitrogens with zero attached hydrogens (tertiary/aromatic N) is 1. The fraction of sp³-hybridized carbons (Fsp3) is 0.174. The Morgan fingerprint density at radius 1 is 0.808 bits per heavy atom. The summed E-state index contributed by atoms with van der Waals surface area (Å²) in [5, 5.41) is 0.720. The van der Waals surface area contributed by atoms with Crippen LogP contribution in [-0.4, -0.2) is 18.9 Å². The lowest BCUT2D eigenvalue weighted by Crippen LogP contribution is -2.23. The number of para-hydroxylation sites is 1. The minimum Gasteiger partial charge on any atom is -0.370 e. The summed E-state index contributed by atoms with van der Waals surface area (Å²) in [6, 6.07) is 27.8. The first kappa shape index (κ1) is 16.9. The van der Waals surface area contributed by atoms with Crippen molar-refractivity contribution < 1.29 is 4.79 Å². The van der Waals surface area contributed by atoms with Crippen LogP contribution in [0.2, 0.25) is 5.02 Å². The van der Waals surface area contributed by atoms with Crippen LogP contribution in [0.3, 0.4) is 0 Å². The molecule has 3 heteroatoms. The molecule has 2 nitrogen and oxygen atoms in total. The smallest absolute Gasteiger partial charge is 0.168 e. The van der Waals surface area contributed by atoms with Crippen molar-refractivity contribution in [1.29, 1.82) is 0 Å². The first-order chi connectivity index (χ1) is 12.7. The fourth-order valence-electron chi connectivity index (χ4n) is 3.78. The molecule has 1 fully saturated rings. The number of rotatable bonds is 4. The van der Waals surface area contributed by atoms with Crippen LogP contribution in [0.4, 0.5) is 5.69 Å². The molecule has 3 aromatic rings. The molecular formula is C23H20ClNO. The van der Waals surface area contributed by atoms with E-state index >= 15 is 0 Å². The lowest BCUT2D eigenvalue weighted by Gasteiger charge is -2.18. The second kappa shape index (κ2) is 7.35. The number of ketones is 1. The van der Waals surface area contributed by atoms with E-state index in [-0.39, 0.29) is 17.6 Å². The van der Waals surface area contributed by atoms with Crippen molar-refractivity contribution in [3.8, 4) is 0 Å². The van der Waals surface area contributed by atoms with Gasteiger partial charge in [0.2, 0.25) is 0 Å². The fourth-order valence-corrected chi connectivity index (χ4v) is 3.91. The molecule has 3 aromatic carbocycles. The van der Waals surface area contributed by atoms with Gasteiger partial charge in [-0.25, -0.2) is 0 Å². The predicted molar refractivity (Wildman–Crippen MR) is 107 cm³/mol. The van der Waals surface area contributed by atoms with Gasteiger partial charge in [-0.3, -0.25) is 4.79 Å². The molecule has 0 radical (unpaired) electrons. The van der Waals surface area contributed by atoms with Gasteiger partial charge in [-0.15, -0.1) is 0 Å². The molecule has 1 aliphatic rings. The molecule has 26 heavy (non-hydrogen) atoms. The predicted octanol–water partition coefficient (Wildman–Crippen LogP) is 5.44.